The van der Waals surface area contributed by atoms with Crippen LogP contribution in [-0.2, 0) is 16.6 Å². The number of halogens is 2. The number of para-hydroxylation sites is 1. The lowest BCUT2D eigenvalue weighted by molar-refractivity contribution is -0.135. The van der Waals surface area contributed by atoms with Crippen molar-refractivity contribution in [1.29, 1.82) is 0 Å². The van der Waals surface area contributed by atoms with Gasteiger partial charge in [-0.2, -0.15) is 10.2 Å². The van der Waals surface area contributed by atoms with Crippen molar-refractivity contribution in [3.05, 3.63) is 70.8 Å². The van der Waals surface area contributed by atoms with Crippen LogP contribution < -0.4 is 21.2 Å². The number of imidazole rings is 1. The fourth-order valence-corrected chi connectivity index (χ4v) is 8.63. The first-order valence-electron chi connectivity index (χ1n) is 18.5. The van der Waals surface area contributed by atoms with Gasteiger partial charge >= 0.3 is 5.69 Å². The number of alkyl halides is 2. The molecule has 3 aliphatic rings. The average Bonchev–Trinajstić information content (AvgIpc) is 3.87. The highest BCUT2D eigenvalue weighted by atomic mass is 19.3. The van der Waals surface area contributed by atoms with Crippen LogP contribution in [0.3, 0.4) is 0 Å². The van der Waals surface area contributed by atoms with E-state index in [4.69, 9.17) is 0 Å². The number of aryl methyl sites for hydroxylation is 1. The summed E-state index contributed by atoms with van der Waals surface area (Å²) in [7, 11) is 3.91. The lowest BCUT2D eigenvalue weighted by Gasteiger charge is -2.40. The number of anilines is 2. The van der Waals surface area contributed by atoms with Crippen molar-refractivity contribution in [3.63, 3.8) is 0 Å². The zero-order valence-corrected chi connectivity index (χ0v) is 30.2. The highest BCUT2D eigenvalue weighted by Crippen LogP contribution is 2.36. The van der Waals surface area contributed by atoms with Crippen LogP contribution in [0.2, 0.25) is 0 Å². The van der Waals surface area contributed by atoms with Crippen molar-refractivity contribution in [1.82, 2.24) is 43.7 Å². The molecule has 1 unspecified atom stereocenters. The Balaban J connectivity index is 0.868. The number of piperidine rings is 2. The maximum absolute atomic E-state index is 14.1. The monoisotopic (exact) mass is 743 g/mol. The molecule has 2 N–H and O–H groups in total. The summed E-state index contributed by atoms with van der Waals surface area (Å²) in [6, 6.07) is 7.12. The Morgan fingerprint density at radius 1 is 1.06 bits per heavy atom. The van der Waals surface area contributed by atoms with Crippen LogP contribution in [0.1, 0.15) is 85.9 Å². The first kappa shape index (κ1) is 35.6. The minimum atomic E-state index is -2.85. The number of nitrogens with zero attached hydrogens (tertiary/aromatic N) is 9. The second-order valence-corrected chi connectivity index (χ2v) is 14.8. The number of rotatable bonds is 9. The van der Waals surface area contributed by atoms with Crippen LogP contribution in [0.4, 0.5) is 20.2 Å². The average molecular weight is 744 g/mol. The molecule has 2 saturated heterocycles. The molecule has 1 saturated carbocycles. The van der Waals surface area contributed by atoms with E-state index in [0.717, 1.165) is 69.4 Å². The van der Waals surface area contributed by atoms with E-state index in [1.165, 1.54) is 27.7 Å². The van der Waals surface area contributed by atoms with Gasteiger partial charge in [-0.25, -0.2) is 23.1 Å². The van der Waals surface area contributed by atoms with Crippen molar-refractivity contribution in [2.45, 2.75) is 75.9 Å². The molecule has 3 amide bonds. The van der Waals surface area contributed by atoms with E-state index in [1.54, 1.807) is 28.6 Å². The standard InChI is InChI=1S/C37H43F2N11O4/c1-45(23-13-17-47(18-14-23)27-5-3-6-28-32(27)46(2)37(54)50(28)29-11-12-30(51)43-36(29)53)20-22-7-9-24(10-8-22)49-21-26(31(44-49)33(38)39)42-35(52)25-19-41-48-16-4-15-40-34(25)48/h3-6,15-16,19,21-24,29,33H,7-14,17-18,20H2,1-2H3,(H,42,52)(H,43,51,53)/t22-,24-,29?. The van der Waals surface area contributed by atoms with Crippen LogP contribution in [0.25, 0.3) is 16.7 Å². The lowest BCUT2D eigenvalue weighted by Crippen LogP contribution is -2.45. The largest absolute Gasteiger partial charge is 0.370 e. The highest BCUT2D eigenvalue weighted by molar-refractivity contribution is 6.08. The van der Waals surface area contributed by atoms with Crippen molar-refractivity contribution in [3.8, 4) is 0 Å². The molecule has 54 heavy (non-hydrogen) atoms. The molecule has 3 fully saturated rings. The molecule has 15 nitrogen and oxygen atoms in total. The predicted octanol–water partition coefficient (Wildman–Crippen LogP) is 4.08. The summed E-state index contributed by atoms with van der Waals surface area (Å²) in [5.74, 6) is -0.871. The molecule has 284 valence electrons. The van der Waals surface area contributed by atoms with Gasteiger partial charge in [0.25, 0.3) is 12.3 Å². The van der Waals surface area contributed by atoms with Gasteiger partial charge in [0.05, 0.1) is 34.6 Å². The molecule has 0 radical (unpaired) electrons. The van der Waals surface area contributed by atoms with Gasteiger partial charge < -0.3 is 15.1 Å². The summed E-state index contributed by atoms with van der Waals surface area (Å²) in [6.45, 7) is 2.57. The molecule has 2 aliphatic heterocycles. The highest BCUT2D eigenvalue weighted by Gasteiger charge is 2.34. The number of nitrogens with one attached hydrogen (secondary N) is 2. The first-order chi connectivity index (χ1) is 26.1. The fourth-order valence-electron chi connectivity index (χ4n) is 8.63. The Labute approximate surface area is 308 Å². The number of fused-ring (bicyclic) bond motifs is 2. The third-order valence-corrected chi connectivity index (χ3v) is 11.5. The molecule has 1 atom stereocenters. The van der Waals surface area contributed by atoms with E-state index < -0.39 is 30.0 Å². The van der Waals surface area contributed by atoms with Gasteiger partial charge in [0.2, 0.25) is 11.8 Å². The predicted molar refractivity (Wildman–Crippen MR) is 196 cm³/mol. The normalized spacial score (nSPS) is 21.4. The van der Waals surface area contributed by atoms with Gasteiger partial charge in [0.1, 0.15) is 11.6 Å². The number of carbonyl (C=O) groups excluding carboxylic acids is 3. The quantitative estimate of drug-likeness (QED) is 0.213. The molecular formula is C37H43F2N11O4. The molecular weight excluding hydrogens is 700 g/mol. The van der Waals surface area contributed by atoms with Crippen LogP contribution in [0, 0.1) is 5.92 Å². The zero-order chi connectivity index (χ0) is 37.7. The van der Waals surface area contributed by atoms with Gasteiger partial charge in [0, 0.05) is 57.7 Å². The number of aromatic nitrogens is 7. The molecule has 6 heterocycles. The SMILES string of the molecule is CN(C[C@H]1CC[C@H](n2cc(NC(=O)c3cnn4cccnc34)c(C(F)F)n2)CC1)C1CCN(c2cccc3c2n(C)c(=O)n3C2CCC(=O)NC2=O)CC1. The van der Waals surface area contributed by atoms with E-state index in [9.17, 15) is 28.0 Å². The molecule has 5 aromatic rings. The Morgan fingerprint density at radius 3 is 2.57 bits per heavy atom. The molecule has 0 spiro atoms. The molecule has 17 heteroatoms. The maximum Gasteiger partial charge on any atom is 0.329 e. The maximum atomic E-state index is 14.1. The van der Waals surface area contributed by atoms with E-state index in [-0.39, 0.29) is 35.3 Å². The molecule has 8 rings (SSSR count). The van der Waals surface area contributed by atoms with Crippen LogP contribution in [-0.4, -0.2) is 88.9 Å². The summed E-state index contributed by atoms with van der Waals surface area (Å²) in [5.41, 5.74) is 2.21. The molecule has 0 bridgehead atoms. The van der Waals surface area contributed by atoms with Crippen LogP contribution in [0.5, 0.6) is 0 Å². The van der Waals surface area contributed by atoms with Crippen molar-refractivity contribution in [2.24, 2.45) is 13.0 Å². The molecule has 4 aromatic heterocycles. The van der Waals surface area contributed by atoms with Crippen LogP contribution >= 0.6 is 0 Å². The molecule has 1 aromatic carbocycles. The van der Waals surface area contributed by atoms with E-state index in [0.29, 0.717) is 29.5 Å². The van der Waals surface area contributed by atoms with Crippen molar-refractivity contribution in [2.75, 3.05) is 36.9 Å². The number of imide groups is 1. The summed E-state index contributed by atoms with van der Waals surface area (Å²) in [6.07, 6.45) is 9.09. The third kappa shape index (κ3) is 6.54. The summed E-state index contributed by atoms with van der Waals surface area (Å²) in [5, 5.41) is 13.3. The summed E-state index contributed by atoms with van der Waals surface area (Å²) < 4.78 is 34.3. The van der Waals surface area contributed by atoms with Crippen molar-refractivity contribution < 1.29 is 23.2 Å². The first-order valence-corrected chi connectivity index (χ1v) is 18.5. The number of hydrogen-bond acceptors (Lipinski definition) is 9. The van der Waals surface area contributed by atoms with Gasteiger partial charge in [-0.05, 0) is 76.1 Å². The lowest BCUT2D eigenvalue weighted by atomic mass is 9.85. The van der Waals surface area contributed by atoms with Gasteiger partial charge in [-0.3, -0.25) is 33.5 Å². The minimum absolute atomic E-state index is 0.0103. The van der Waals surface area contributed by atoms with Crippen LogP contribution in [0.15, 0.2) is 53.8 Å². The Bertz CT molecular complexity index is 2280. The minimum Gasteiger partial charge on any atom is -0.370 e. The fraction of sp³-hybridized carbons (Fsp3) is 0.486. The Hall–Kier alpha value is -5.45. The second kappa shape index (κ2) is 14.4. The number of benzene rings is 1. The number of hydrogen-bond donors (Lipinski definition) is 2. The smallest absolute Gasteiger partial charge is 0.329 e. The number of carbonyl (C=O) groups is 3. The van der Waals surface area contributed by atoms with Gasteiger partial charge in [-0.15, -0.1) is 0 Å². The zero-order valence-electron chi connectivity index (χ0n) is 30.2. The topological polar surface area (TPSA) is 157 Å². The third-order valence-electron chi connectivity index (χ3n) is 11.5. The summed E-state index contributed by atoms with van der Waals surface area (Å²) in [4.78, 5) is 59.9. The summed E-state index contributed by atoms with van der Waals surface area (Å²) >= 11 is 0. The van der Waals surface area contributed by atoms with Crippen molar-refractivity contribution >= 4 is 45.8 Å². The second-order valence-electron chi connectivity index (χ2n) is 14.8. The molecule has 1 aliphatic carbocycles. The van der Waals surface area contributed by atoms with E-state index >= 15 is 0 Å². The van der Waals surface area contributed by atoms with Gasteiger partial charge in [-0.1, -0.05) is 6.07 Å². The van der Waals surface area contributed by atoms with E-state index in [2.05, 4.69) is 42.7 Å². The Morgan fingerprint density at radius 2 is 1.83 bits per heavy atom. The number of amides is 3. The Kier molecular flexibility index (Phi) is 9.49. The van der Waals surface area contributed by atoms with E-state index in [1.807, 2.05) is 18.2 Å². The van der Waals surface area contributed by atoms with Gasteiger partial charge in [0.15, 0.2) is 11.3 Å².